The van der Waals surface area contributed by atoms with Crippen LogP contribution < -0.4 is 0 Å². The number of allylic oxidation sites excluding steroid dienone is 10. The molecule has 0 amide bonds. The summed E-state index contributed by atoms with van der Waals surface area (Å²) in [4.78, 5) is 37.4. The predicted octanol–water partition coefficient (Wildman–Crippen LogP) is 13.4. The standard InChI is InChI=1S/C46H78O6/c1-4-7-10-13-15-17-19-21-22-23-24-25-27-28-30-33-36-39-45(48)51-42-43(41-50-44(47)38-35-32-12-9-6-3)52-46(49)40-37-34-31-29-26-20-18-16-14-11-8-5-2/h7,10,15,17,21-22,24-25,28,30,43H,4-6,8-9,11-14,16,18-20,23,26-27,29,31-42H2,1-3H3/b10-7-,17-15-,22-21-,25-24-,30-28-. The normalized spacial score (nSPS) is 12.6. The second-order valence-corrected chi connectivity index (χ2v) is 13.9. The molecule has 6 heteroatoms. The van der Waals surface area contributed by atoms with Gasteiger partial charge in [0.1, 0.15) is 13.2 Å². The molecule has 0 radical (unpaired) electrons. The van der Waals surface area contributed by atoms with Crippen molar-refractivity contribution in [2.75, 3.05) is 13.2 Å². The molecule has 0 aliphatic rings. The van der Waals surface area contributed by atoms with Crippen molar-refractivity contribution >= 4 is 17.9 Å². The Labute approximate surface area is 320 Å². The summed E-state index contributed by atoms with van der Waals surface area (Å²) in [6.45, 7) is 6.36. The fourth-order valence-corrected chi connectivity index (χ4v) is 5.59. The first-order valence-electron chi connectivity index (χ1n) is 21.3. The summed E-state index contributed by atoms with van der Waals surface area (Å²) < 4.78 is 16.5. The van der Waals surface area contributed by atoms with Crippen molar-refractivity contribution in [3.05, 3.63) is 60.8 Å². The maximum atomic E-state index is 12.6. The molecule has 298 valence electrons. The van der Waals surface area contributed by atoms with Gasteiger partial charge in [-0.15, -0.1) is 0 Å². The Morgan fingerprint density at radius 2 is 0.750 bits per heavy atom. The van der Waals surface area contributed by atoms with Gasteiger partial charge in [0.2, 0.25) is 0 Å². The molecule has 0 aromatic heterocycles. The van der Waals surface area contributed by atoms with Crippen LogP contribution in [0.1, 0.15) is 194 Å². The first kappa shape index (κ1) is 49.1. The van der Waals surface area contributed by atoms with Crippen molar-refractivity contribution in [3.8, 4) is 0 Å². The lowest BCUT2D eigenvalue weighted by molar-refractivity contribution is -0.167. The number of rotatable bonds is 37. The highest BCUT2D eigenvalue weighted by Gasteiger charge is 2.19. The van der Waals surface area contributed by atoms with Crippen LogP contribution in [0, 0.1) is 0 Å². The van der Waals surface area contributed by atoms with Crippen molar-refractivity contribution in [1.29, 1.82) is 0 Å². The molecule has 1 unspecified atom stereocenters. The predicted molar refractivity (Wildman–Crippen MR) is 219 cm³/mol. The molecule has 0 N–H and O–H groups in total. The first-order chi connectivity index (χ1) is 25.5. The van der Waals surface area contributed by atoms with Gasteiger partial charge in [-0.25, -0.2) is 0 Å². The molecule has 1 atom stereocenters. The minimum absolute atomic E-state index is 0.0920. The Hall–Kier alpha value is -2.89. The molecular formula is C46H78O6. The zero-order valence-electron chi connectivity index (χ0n) is 33.8. The van der Waals surface area contributed by atoms with E-state index in [4.69, 9.17) is 14.2 Å². The van der Waals surface area contributed by atoms with Gasteiger partial charge in [-0.3, -0.25) is 14.4 Å². The lowest BCUT2D eigenvalue weighted by Gasteiger charge is -2.18. The third-order valence-electron chi connectivity index (χ3n) is 8.79. The molecule has 0 bridgehead atoms. The van der Waals surface area contributed by atoms with E-state index < -0.39 is 6.10 Å². The Morgan fingerprint density at radius 3 is 1.17 bits per heavy atom. The van der Waals surface area contributed by atoms with E-state index in [9.17, 15) is 14.4 Å². The third kappa shape index (κ3) is 38.3. The minimum atomic E-state index is -0.788. The van der Waals surface area contributed by atoms with Gasteiger partial charge in [0.15, 0.2) is 6.10 Å². The van der Waals surface area contributed by atoms with Crippen LogP contribution in [0.25, 0.3) is 0 Å². The maximum absolute atomic E-state index is 12.6. The van der Waals surface area contributed by atoms with Gasteiger partial charge in [0.05, 0.1) is 0 Å². The molecule has 0 aliphatic heterocycles. The van der Waals surface area contributed by atoms with E-state index in [2.05, 4.69) is 81.5 Å². The van der Waals surface area contributed by atoms with Gasteiger partial charge in [0.25, 0.3) is 0 Å². The van der Waals surface area contributed by atoms with Crippen molar-refractivity contribution in [1.82, 2.24) is 0 Å². The number of carbonyl (C=O) groups is 3. The van der Waals surface area contributed by atoms with E-state index in [0.717, 1.165) is 83.5 Å². The lowest BCUT2D eigenvalue weighted by Crippen LogP contribution is -2.30. The summed E-state index contributed by atoms with van der Waals surface area (Å²) in [6.07, 6.45) is 48.1. The van der Waals surface area contributed by atoms with E-state index in [-0.39, 0.29) is 37.5 Å². The summed E-state index contributed by atoms with van der Waals surface area (Å²) >= 11 is 0. The Kier molecular flexibility index (Phi) is 38.6. The topological polar surface area (TPSA) is 78.9 Å². The van der Waals surface area contributed by atoms with Crippen molar-refractivity contribution in [2.24, 2.45) is 0 Å². The Morgan fingerprint density at radius 1 is 0.404 bits per heavy atom. The van der Waals surface area contributed by atoms with Crippen LogP contribution in [0.3, 0.4) is 0 Å². The number of unbranched alkanes of at least 4 members (excludes halogenated alkanes) is 16. The molecule has 6 nitrogen and oxygen atoms in total. The number of carbonyl (C=O) groups excluding carboxylic acids is 3. The largest absolute Gasteiger partial charge is 0.462 e. The average molecular weight is 727 g/mol. The smallest absolute Gasteiger partial charge is 0.306 e. The number of hydrogen-bond donors (Lipinski definition) is 0. The van der Waals surface area contributed by atoms with Crippen LogP contribution in [-0.4, -0.2) is 37.2 Å². The van der Waals surface area contributed by atoms with E-state index >= 15 is 0 Å². The fourth-order valence-electron chi connectivity index (χ4n) is 5.59. The summed E-state index contributed by atoms with van der Waals surface area (Å²) in [5.74, 6) is -0.972. The first-order valence-corrected chi connectivity index (χ1v) is 21.3. The molecule has 0 aliphatic carbocycles. The van der Waals surface area contributed by atoms with Gasteiger partial charge in [-0.05, 0) is 57.8 Å². The van der Waals surface area contributed by atoms with Crippen molar-refractivity contribution in [2.45, 2.75) is 200 Å². The zero-order valence-corrected chi connectivity index (χ0v) is 33.8. The van der Waals surface area contributed by atoms with E-state index in [1.807, 2.05) is 0 Å². The summed E-state index contributed by atoms with van der Waals surface area (Å²) in [5, 5.41) is 0. The van der Waals surface area contributed by atoms with Crippen LogP contribution >= 0.6 is 0 Å². The maximum Gasteiger partial charge on any atom is 0.306 e. The van der Waals surface area contributed by atoms with Gasteiger partial charge in [0, 0.05) is 19.3 Å². The van der Waals surface area contributed by atoms with Crippen molar-refractivity contribution < 1.29 is 28.6 Å². The van der Waals surface area contributed by atoms with E-state index in [0.29, 0.717) is 19.3 Å². The quantitative estimate of drug-likeness (QED) is 0.0274. The molecule has 0 saturated heterocycles. The molecule has 0 aromatic carbocycles. The van der Waals surface area contributed by atoms with E-state index in [1.165, 1.54) is 64.2 Å². The molecular weight excluding hydrogens is 648 g/mol. The molecule has 0 rings (SSSR count). The van der Waals surface area contributed by atoms with Crippen LogP contribution in [-0.2, 0) is 28.6 Å². The zero-order chi connectivity index (χ0) is 38.0. The SMILES string of the molecule is CC/C=C\C/C=C\C/C=C\C/C=C\C/C=C\CCCC(=O)OCC(COC(=O)CCCCCCC)OC(=O)CCCCCCCCCCCCCC. The number of esters is 3. The Bertz CT molecular complexity index is 975. The highest BCUT2D eigenvalue weighted by Crippen LogP contribution is 2.14. The van der Waals surface area contributed by atoms with Crippen LogP contribution in [0.2, 0.25) is 0 Å². The van der Waals surface area contributed by atoms with Gasteiger partial charge >= 0.3 is 17.9 Å². The van der Waals surface area contributed by atoms with Gasteiger partial charge < -0.3 is 14.2 Å². The fraction of sp³-hybridized carbons (Fsp3) is 0.717. The van der Waals surface area contributed by atoms with Crippen LogP contribution in [0.15, 0.2) is 60.8 Å². The van der Waals surface area contributed by atoms with Crippen molar-refractivity contribution in [3.63, 3.8) is 0 Å². The third-order valence-corrected chi connectivity index (χ3v) is 8.79. The van der Waals surface area contributed by atoms with Crippen LogP contribution in [0.4, 0.5) is 0 Å². The molecule has 52 heavy (non-hydrogen) atoms. The number of hydrogen-bond acceptors (Lipinski definition) is 6. The van der Waals surface area contributed by atoms with Crippen LogP contribution in [0.5, 0.6) is 0 Å². The summed E-state index contributed by atoms with van der Waals surface area (Å²) in [5.41, 5.74) is 0. The molecule has 0 spiro atoms. The second kappa shape index (κ2) is 40.9. The molecule has 0 saturated carbocycles. The molecule has 0 heterocycles. The molecule has 0 aromatic rings. The second-order valence-electron chi connectivity index (χ2n) is 13.9. The van der Waals surface area contributed by atoms with Gasteiger partial charge in [-0.1, -0.05) is 178 Å². The Balaban J connectivity index is 4.35. The van der Waals surface area contributed by atoms with Gasteiger partial charge in [-0.2, -0.15) is 0 Å². The average Bonchev–Trinajstić information content (AvgIpc) is 3.14. The summed E-state index contributed by atoms with van der Waals surface area (Å²) in [7, 11) is 0. The highest BCUT2D eigenvalue weighted by molar-refractivity contribution is 5.71. The monoisotopic (exact) mass is 727 g/mol. The minimum Gasteiger partial charge on any atom is -0.462 e. The number of ether oxygens (including phenoxy) is 3. The summed E-state index contributed by atoms with van der Waals surface area (Å²) in [6, 6.07) is 0. The van der Waals surface area contributed by atoms with E-state index in [1.54, 1.807) is 0 Å². The molecule has 0 fully saturated rings. The highest BCUT2D eigenvalue weighted by atomic mass is 16.6. The lowest BCUT2D eigenvalue weighted by atomic mass is 10.0.